The lowest BCUT2D eigenvalue weighted by molar-refractivity contribution is -0.123. The highest BCUT2D eigenvalue weighted by Gasteiger charge is 2.18. The Morgan fingerprint density at radius 3 is 2.45 bits per heavy atom. The summed E-state index contributed by atoms with van der Waals surface area (Å²) < 4.78 is 0. The summed E-state index contributed by atoms with van der Waals surface area (Å²) in [5.74, 6) is 4.77. The van der Waals surface area contributed by atoms with Crippen LogP contribution in [0.3, 0.4) is 0 Å². The van der Waals surface area contributed by atoms with Crippen molar-refractivity contribution in [2.45, 2.75) is 32.9 Å². The first-order valence-electron chi connectivity index (χ1n) is 6.08. The predicted octanol–water partition coefficient (Wildman–Crippen LogP) is 0.663. The minimum absolute atomic E-state index is 0.00729. The van der Waals surface area contributed by atoms with Gasteiger partial charge in [0.05, 0.1) is 10.6 Å². The Labute approximate surface area is 122 Å². The zero-order valence-corrected chi connectivity index (χ0v) is 12.3. The molecule has 0 bridgehead atoms. The van der Waals surface area contributed by atoms with Gasteiger partial charge in [-0.05, 0) is 26.8 Å². The van der Waals surface area contributed by atoms with E-state index in [0.29, 0.717) is 0 Å². The Balaban J connectivity index is 2.71. The Morgan fingerprint density at radius 2 is 1.95 bits per heavy atom. The van der Waals surface area contributed by atoms with E-state index in [1.807, 2.05) is 13.8 Å². The number of rotatable bonds is 5. The number of carbonyl (C=O) groups is 2. The molecule has 110 valence electrons. The number of hydrogen-bond acceptors (Lipinski definition) is 5. The monoisotopic (exact) mass is 299 g/mol. The van der Waals surface area contributed by atoms with Crippen molar-refractivity contribution in [1.82, 2.24) is 15.6 Å². The van der Waals surface area contributed by atoms with E-state index in [1.54, 1.807) is 6.92 Å². The van der Waals surface area contributed by atoms with Crippen LogP contribution in [0.1, 0.15) is 31.1 Å². The van der Waals surface area contributed by atoms with Gasteiger partial charge in [0.1, 0.15) is 6.04 Å². The van der Waals surface area contributed by atoms with Crippen LogP contribution < -0.4 is 21.9 Å². The summed E-state index contributed by atoms with van der Waals surface area (Å²) in [6.45, 7) is 5.28. The van der Waals surface area contributed by atoms with Crippen LogP contribution in [0.4, 0.5) is 5.82 Å². The Morgan fingerprint density at radius 1 is 1.30 bits per heavy atom. The molecule has 0 aliphatic heterocycles. The van der Waals surface area contributed by atoms with Gasteiger partial charge in [0.15, 0.2) is 5.82 Å². The van der Waals surface area contributed by atoms with Crippen molar-refractivity contribution in [3.8, 4) is 0 Å². The molecule has 1 aromatic rings. The highest BCUT2D eigenvalue weighted by atomic mass is 35.5. The number of anilines is 1. The number of pyridine rings is 1. The second-order valence-corrected chi connectivity index (χ2v) is 4.96. The lowest BCUT2D eigenvalue weighted by atomic mass is 10.2. The first kappa shape index (κ1) is 16.2. The molecule has 0 radical (unpaired) electrons. The second kappa shape index (κ2) is 7.06. The third kappa shape index (κ3) is 4.36. The summed E-state index contributed by atoms with van der Waals surface area (Å²) in [5.41, 5.74) is 2.55. The maximum absolute atomic E-state index is 12.0. The van der Waals surface area contributed by atoms with E-state index in [-0.39, 0.29) is 28.4 Å². The van der Waals surface area contributed by atoms with Gasteiger partial charge in [0.25, 0.3) is 5.91 Å². The second-order valence-electron chi connectivity index (χ2n) is 4.56. The number of aromatic nitrogens is 1. The van der Waals surface area contributed by atoms with E-state index >= 15 is 0 Å². The normalized spacial score (nSPS) is 11.9. The molecule has 1 unspecified atom stereocenters. The number of halogens is 1. The van der Waals surface area contributed by atoms with E-state index in [4.69, 9.17) is 17.4 Å². The quantitative estimate of drug-likeness (QED) is 0.472. The van der Waals surface area contributed by atoms with E-state index in [0.717, 1.165) is 0 Å². The van der Waals surface area contributed by atoms with Gasteiger partial charge in [-0.3, -0.25) is 9.59 Å². The summed E-state index contributed by atoms with van der Waals surface area (Å²) in [5, 5.41) is 5.49. The smallest absolute Gasteiger partial charge is 0.253 e. The molecule has 0 fully saturated rings. The van der Waals surface area contributed by atoms with Crippen molar-refractivity contribution in [2.75, 3.05) is 5.43 Å². The number of nitrogen functional groups attached to an aromatic ring is 1. The molecule has 1 aromatic heterocycles. The van der Waals surface area contributed by atoms with Crippen LogP contribution in [0.25, 0.3) is 0 Å². The minimum atomic E-state index is -0.656. The number of hydrazine groups is 1. The number of carbonyl (C=O) groups excluding carboxylic acids is 2. The largest absolute Gasteiger partial charge is 0.352 e. The summed E-state index contributed by atoms with van der Waals surface area (Å²) in [6.07, 6.45) is 1.32. The summed E-state index contributed by atoms with van der Waals surface area (Å²) >= 11 is 5.88. The van der Waals surface area contributed by atoms with Crippen molar-refractivity contribution < 1.29 is 9.59 Å². The third-order valence-electron chi connectivity index (χ3n) is 2.41. The van der Waals surface area contributed by atoms with Crippen LogP contribution in [0.2, 0.25) is 5.02 Å². The van der Waals surface area contributed by atoms with E-state index in [9.17, 15) is 9.59 Å². The summed E-state index contributed by atoms with van der Waals surface area (Å²) in [7, 11) is 0. The maximum atomic E-state index is 12.0. The van der Waals surface area contributed by atoms with Crippen LogP contribution in [-0.4, -0.2) is 28.9 Å². The summed E-state index contributed by atoms with van der Waals surface area (Å²) in [4.78, 5) is 27.5. The summed E-state index contributed by atoms with van der Waals surface area (Å²) in [6, 6.07) is 0.774. The Hall–Kier alpha value is -1.86. The SMILES string of the molecule is CC(C)NC(=O)C(C)NC(=O)c1cnc(NN)c(Cl)c1. The zero-order chi connectivity index (χ0) is 15.3. The highest BCUT2D eigenvalue weighted by molar-refractivity contribution is 6.33. The molecule has 0 saturated carbocycles. The zero-order valence-electron chi connectivity index (χ0n) is 11.5. The van der Waals surface area contributed by atoms with E-state index in [2.05, 4.69) is 21.0 Å². The van der Waals surface area contributed by atoms with Gasteiger partial charge in [0, 0.05) is 12.2 Å². The molecule has 1 rings (SSSR count). The van der Waals surface area contributed by atoms with E-state index < -0.39 is 11.9 Å². The van der Waals surface area contributed by atoms with Gasteiger partial charge < -0.3 is 16.1 Å². The van der Waals surface area contributed by atoms with Crippen LogP contribution in [0.15, 0.2) is 12.3 Å². The highest BCUT2D eigenvalue weighted by Crippen LogP contribution is 2.18. The maximum Gasteiger partial charge on any atom is 0.253 e. The molecule has 0 aromatic carbocycles. The molecule has 0 aliphatic rings. The van der Waals surface area contributed by atoms with Gasteiger partial charge in [0.2, 0.25) is 5.91 Å². The van der Waals surface area contributed by atoms with Crippen molar-refractivity contribution in [3.05, 3.63) is 22.8 Å². The number of amides is 2. The Bertz CT molecular complexity index is 507. The lowest BCUT2D eigenvalue weighted by Gasteiger charge is -2.16. The lowest BCUT2D eigenvalue weighted by Crippen LogP contribution is -2.46. The van der Waals surface area contributed by atoms with Crippen LogP contribution >= 0.6 is 11.6 Å². The molecule has 1 heterocycles. The molecule has 7 nitrogen and oxygen atoms in total. The van der Waals surface area contributed by atoms with Crippen molar-refractivity contribution in [2.24, 2.45) is 5.84 Å². The van der Waals surface area contributed by atoms with Gasteiger partial charge in [-0.2, -0.15) is 0 Å². The average Bonchev–Trinajstić information content (AvgIpc) is 2.37. The fourth-order valence-electron chi connectivity index (χ4n) is 1.42. The molecular weight excluding hydrogens is 282 g/mol. The number of nitrogens with two attached hydrogens (primary N) is 1. The average molecular weight is 300 g/mol. The Kier molecular flexibility index (Phi) is 5.72. The molecule has 5 N–H and O–H groups in total. The number of nitrogens with zero attached hydrogens (tertiary/aromatic N) is 1. The topological polar surface area (TPSA) is 109 Å². The van der Waals surface area contributed by atoms with E-state index in [1.165, 1.54) is 12.3 Å². The minimum Gasteiger partial charge on any atom is -0.352 e. The molecule has 8 heteroatoms. The number of hydrogen-bond donors (Lipinski definition) is 4. The first-order chi connectivity index (χ1) is 9.35. The molecule has 0 saturated heterocycles. The number of nitrogens with one attached hydrogen (secondary N) is 3. The molecule has 1 atom stereocenters. The van der Waals surface area contributed by atoms with Crippen molar-refractivity contribution in [3.63, 3.8) is 0 Å². The van der Waals surface area contributed by atoms with Crippen LogP contribution in [0, 0.1) is 0 Å². The predicted molar refractivity (Wildman–Crippen MR) is 77.3 cm³/mol. The molecule has 0 aliphatic carbocycles. The third-order valence-corrected chi connectivity index (χ3v) is 2.70. The van der Waals surface area contributed by atoms with Gasteiger partial charge >= 0.3 is 0 Å². The van der Waals surface area contributed by atoms with Gasteiger partial charge in [-0.15, -0.1) is 0 Å². The first-order valence-corrected chi connectivity index (χ1v) is 6.46. The molecule has 0 spiro atoms. The van der Waals surface area contributed by atoms with Crippen LogP contribution in [-0.2, 0) is 4.79 Å². The standard InChI is InChI=1S/C12H18ClN5O2/c1-6(2)16-11(19)7(3)17-12(20)8-4-9(13)10(18-14)15-5-8/h4-7H,14H2,1-3H3,(H,15,18)(H,16,19)(H,17,20). The fraction of sp³-hybridized carbons (Fsp3) is 0.417. The molecule has 20 heavy (non-hydrogen) atoms. The molecule has 2 amide bonds. The van der Waals surface area contributed by atoms with Crippen molar-refractivity contribution >= 4 is 29.2 Å². The fourth-order valence-corrected chi connectivity index (χ4v) is 1.64. The van der Waals surface area contributed by atoms with Crippen molar-refractivity contribution in [1.29, 1.82) is 0 Å². The molecular formula is C12H18ClN5O2. The van der Waals surface area contributed by atoms with Crippen LogP contribution in [0.5, 0.6) is 0 Å². The van der Waals surface area contributed by atoms with Gasteiger partial charge in [-0.25, -0.2) is 10.8 Å². The van der Waals surface area contributed by atoms with Gasteiger partial charge in [-0.1, -0.05) is 11.6 Å².